The third-order valence-electron chi connectivity index (χ3n) is 5.75. The molecule has 0 aliphatic carbocycles. The predicted molar refractivity (Wildman–Crippen MR) is 117 cm³/mol. The van der Waals surface area contributed by atoms with E-state index >= 15 is 0 Å². The lowest BCUT2D eigenvalue weighted by Crippen LogP contribution is -2.47. The van der Waals surface area contributed by atoms with Crippen LogP contribution in [0.25, 0.3) is 0 Å². The number of carbonyl (C=O) groups is 1. The first-order valence-electron chi connectivity index (χ1n) is 10.5. The topological polar surface area (TPSA) is 49.8 Å². The van der Waals surface area contributed by atoms with Crippen LogP contribution < -0.4 is 4.90 Å². The molecule has 2 aromatic carbocycles. The van der Waals surface area contributed by atoms with Crippen molar-refractivity contribution in [1.82, 2.24) is 0 Å². The van der Waals surface area contributed by atoms with Crippen LogP contribution in [-0.2, 0) is 16.0 Å². The summed E-state index contributed by atoms with van der Waals surface area (Å²) in [5.74, 6) is -0.219. The number of anilines is 1. The smallest absolute Gasteiger partial charge is 0.359 e. The summed E-state index contributed by atoms with van der Waals surface area (Å²) in [4.78, 5) is 15.0. The minimum absolute atomic E-state index is 0.0928. The fourth-order valence-electron chi connectivity index (χ4n) is 3.97. The van der Waals surface area contributed by atoms with Gasteiger partial charge in [0.2, 0.25) is 0 Å². The monoisotopic (exact) mass is 393 g/mol. The first kappa shape index (κ1) is 21.0. The van der Waals surface area contributed by atoms with Crippen molar-refractivity contribution >= 4 is 11.7 Å². The number of aliphatic hydroxyl groups excluding tert-OH is 1. The van der Waals surface area contributed by atoms with Crippen molar-refractivity contribution in [3.63, 3.8) is 0 Å². The Hall–Kier alpha value is -2.75. The molecule has 0 aromatic heterocycles. The van der Waals surface area contributed by atoms with E-state index in [-0.39, 0.29) is 17.4 Å². The van der Waals surface area contributed by atoms with Crippen molar-refractivity contribution in [2.45, 2.75) is 52.1 Å². The number of hydrogen-bond acceptors (Lipinski definition) is 4. The molecule has 0 radical (unpaired) electrons. The Kier molecular flexibility index (Phi) is 6.63. The molecule has 0 saturated carbocycles. The average molecular weight is 394 g/mol. The summed E-state index contributed by atoms with van der Waals surface area (Å²) in [5.41, 5.74) is 1.66. The average Bonchev–Trinajstić information content (AvgIpc) is 2.72. The van der Waals surface area contributed by atoms with Crippen LogP contribution >= 0.6 is 0 Å². The number of carbonyl (C=O) groups excluding carboxylic acids is 1. The van der Waals surface area contributed by atoms with E-state index in [9.17, 15) is 9.90 Å². The molecule has 0 fully saturated rings. The summed E-state index contributed by atoms with van der Waals surface area (Å²) >= 11 is 0. The molecular formula is C25H31NO3. The van der Waals surface area contributed by atoms with Crippen LogP contribution in [-0.4, -0.2) is 23.2 Å². The zero-order valence-corrected chi connectivity index (χ0v) is 17.6. The van der Waals surface area contributed by atoms with E-state index in [1.54, 1.807) is 0 Å². The van der Waals surface area contributed by atoms with Crippen LogP contribution in [0.1, 0.15) is 45.6 Å². The zero-order chi connectivity index (χ0) is 20.9. The first-order valence-corrected chi connectivity index (χ1v) is 10.5. The minimum atomic E-state index is -0.699. The van der Waals surface area contributed by atoms with Gasteiger partial charge in [-0.05, 0) is 42.9 Å². The summed E-state index contributed by atoms with van der Waals surface area (Å²) in [6.07, 6.45) is 2.66. The Labute approximate surface area is 173 Å². The van der Waals surface area contributed by atoms with Crippen molar-refractivity contribution in [3.8, 4) is 0 Å². The van der Waals surface area contributed by atoms with Crippen LogP contribution in [0.3, 0.4) is 0 Å². The molecule has 0 bridgehead atoms. The van der Waals surface area contributed by atoms with Crippen LogP contribution in [0.5, 0.6) is 0 Å². The molecule has 1 atom stereocenters. The van der Waals surface area contributed by atoms with Gasteiger partial charge in [0.05, 0.1) is 0 Å². The molecule has 0 amide bonds. The highest BCUT2D eigenvalue weighted by Crippen LogP contribution is 2.40. The number of rotatable bonds is 8. The number of nitrogens with zero attached hydrogens (tertiary/aromatic N) is 1. The van der Waals surface area contributed by atoms with E-state index in [4.69, 9.17) is 4.74 Å². The molecule has 1 aliphatic rings. The van der Waals surface area contributed by atoms with Crippen molar-refractivity contribution < 1.29 is 14.6 Å². The highest BCUT2D eigenvalue weighted by atomic mass is 16.6. The SMILES string of the molecule is CCCN(C1=C(O)CC(CCc2ccccc2)(C(C)C)OC1=O)c1ccccc1. The minimum Gasteiger partial charge on any atom is -0.510 e. The molecule has 154 valence electrons. The van der Waals surface area contributed by atoms with Gasteiger partial charge < -0.3 is 14.7 Å². The molecule has 1 unspecified atom stereocenters. The standard InChI is InChI=1S/C25H31NO3/c1-4-17-26(21-13-9-6-10-14-21)23-22(27)18-25(19(2)3,29-24(23)28)16-15-20-11-7-5-8-12-20/h5-14,19,27H,4,15-18H2,1-3H3. The number of esters is 1. The molecule has 29 heavy (non-hydrogen) atoms. The maximum atomic E-state index is 13.1. The van der Waals surface area contributed by atoms with Gasteiger partial charge in [0.15, 0.2) is 5.70 Å². The number of aliphatic hydroxyl groups is 1. The Bertz CT molecular complexity index is 845. The van der Waals surface area contributed by atoms with E-state index in [0.717, 1.165) is 18.5 Å². The molecule has 2 aromatic rings. The molecule has 4 heteroatoms. The van der Waals surface area contributed by atoms with Gasteiger partial charge in [-0.25, -0.2) is 4.79 Å². The second-order valence-corrected chi connectivity index (χ2v) is 8.05. The van der Waals surface area contributed by atoms with Gasteiger partial charge in [-0.15, -0.1) is 0 Å². The molecule has 1 N–H and O–H groups in total. The number of ether oxygens (including phenoxy) is 1. The van der Waals surface area contributed by atoms with Crippen molar-refractivity contribution in [2.24, 2.45) is 5.92 Å². The number of aryl methyl sites for hydroxylation is 1. The first-order chi connectivity index (χ1) is 14.0. The van der Waals surface area contributed by atoms with Crippen molar-refractivity contribution in [3.05, 3.63) is 77.7 Å². The Balaban J connectivity index is 1.90. The van der Waals surface area contributed by atoms with Crippen LogP contribution in [0.2, 0.25) is 0 Å². The Morgan fingerprint density at radius 2 is 1.69 bits per heavy atom. The van der Waals surface area contributed by atoms with Gasteiger partial charge in [0.1, 0.15) is 11.4 Å². The van der Waals surface area contributed by atoms with Gasteiger partial charge in [-0.3, -0.25) is 0 Å². The van der Waals surface area contributed by atoms with Gasteiger partial charge in [0.25, 0.3) is 0 Å². The molecule has 1 heterocycles. The summed E-state index contributed by atoms with van der Waals surface area (Å²) in [6.45, 7) is 6.80. The lowest BCUT2D eigenvalue weighted by molar-refractivity contribution is -0.166. The summed E-state index contributed by atoms with van der Waals surface area (Å²) in [5, 5.41) is 11.0. The summed E-state index contributed by atoms with van der Waals surface area (Å²) in [7, 11) is 0. The summed E-state index contributed by atoms with van der Waals surface area (Å²) in [6, 6.07) is 19.9. The van der Waals surface area contributed by atoms with Gasteiger partial charge in [0, 0.05) is 18.7 Å². The molecule has 0 saturated heterocycles. The van der Waals surface area contributed by atoms with E-state index in [0.29, 0.717) is 19.4 Å². The second-order valence-electron chi connectivity index (χ2n) is 8.05. The van der Waals surface area contributed by atoms with Gasteiger partial charge >= 0.3 is 5.97 Å². The third kappa shape index (κ3) is 4.64. The maximum Gasteiger partial charge on any atom is 0.359 e. The van der Waals surface area contributed by atoms with Crippen LogP contribution in [0, 0.1) is 5.92 Å². The molecule has 3 rings (SSSR count). The zero-order valence-electron chi connectivity index (χ0n) is 17.6. The fourth-order valence-corrected chi connectivity index (χ4v) is 3.97. The summed E-state index contributed by atoms with van der Waals surface area (Å²) < 4.78 is 6.09. The highest BCUT2D eigenvalue weighted by molar-refractivity contribution is 5.94. The van der Waals surface area contributed by atoms with Crippen LogP contribution in [0.15, 0.2) is 72.1 Å². The van der Waals surface area contributed by atoms with Gasteiger partial charge in [-0.1, -0.05) is 69.3 Å². The molecule has 0 spiro atoms. The van der Waals surface area contributed by atoms with E-state index in [1.165, 1.54) is 5.56 Å². The normalized spacial score (nSPS) is 19.4. The molecule has 4 nitrogen and oxygen atoms in total. The van der Waals surface area contributed by atoms with E-state index in [2.05, 4.69) is 32.9 Å². The van der Waals surface area contributed by atoms with E-state index in [1.807, 2.05) is 53.4 Å². The van der Waals surface area contributed by atoms with Crippen molar-refractivity contribution in [2.75, 3.05) is 11.4 Å². The Morgan fingerprint density at radius 3 is 2.24 bits per heavy atom. The van der Waals surface area contributed by atoms with Crippen molar-refractivity contribution in [1.29, 1.82) is 0 Å². The lowest BCUT2D eigenvalue weighted by atomic mass is 9.79. The molecular weight excluding hydrogens is 362 g/mol. The third-order valence-corrected chi connectivity index (χ3v) is 5.75. The maximum absolute atomic E-state index is 13.1. The molecule has 1 aliphatic heterocycles. The number of para-hydroxylation sites is 1. The van der Waals surface area contributed by atoms with E-state index < -0.39 is 11.6 Å². The predicted octanol–water partition coefficient (Wildman–Crippen LogP) is 5.65. The fraction of sp³-hybridized carbons (Fsp3) is 0.400. The largest absolute Gasteiger partial charge is 0.510 e. The lowest BCUT2D eigenvalue weighted by Gasteiger charge is -2.42. The number of hydrogen-bond donors (Lipinski definition) is 1. The quantitative estimate of drug-likeness (QED) is 0.589. The highest BCUT2D eigenvalue weighted by Gasteiger charge is 2.45. The number of cyclic esters (lactones) is 1. The van der Waals surface area contributed by atoms with Crippen LogP contribution in [0.4, 0.5) is 5.69 Å². The second kappa shape index (κ2) is 9.17. The number of benzene rings is 2. The van der Waals surface area contributed by atoms with Gasteiger partial charge in [-0.2, -0.15) is 0 Å². The Morgan fingerprint density at radius 1 is 1.07 bits per heavy atom.